The molecule has 1 rings (SSSR count). The molecule has 1 N–H and O–H groups in total. The molecule has 2 nitrogen and oxygen atoms in total. The van der Waals surface area contributed by atoms with Crippen molar-refractivity contribution in [2.45, 2.75) is 6.36 Å². The Kier molecular flexibility index (Phi) is 2.55. The number of ether oxygens (including phenoxy) is 1. The summed E-state index contributed by atoms with van der Waals surface area (Å²) in [4.78, 5) is 0. The average Bonchev–Trinajstić information content (AvgIpc) is 2.02. The third kappa shape index (κ3) is 2.77. The Morgan fingerprint density at radius 2 is 1.85 bits per heavy atom. The fourth-order valence-electron chi connectivity index (χ4n) is 0.817. The molecule has 0 saturated heterocycles. The van der Waals surface area contributed by atoms with Crippen LogP contribution in [0.4, 0.5) is 13.2 Å². The van der Waals surface area contributed by atoms with Gasteiger partial charge in [0.05, 0.1) is 0 Å². The topological polar surface area (TPSA) is 33.1 Å². The molecule has 0 amide bonds. The summed E-state index contributed by atoms with van der Waals surface area (Å²) in [6, 6.07) is 5.47. The summed E-state index contributed by atoms with van der Waals surface area (Å²) in [5.41, 5.74) is 0.0971. The largest absolute Gasteiger partial charge is 0.573 e. The Morgan fingerprint density at radius 1 is 1.23 bits per heavy atom. The predicted molar refractivity (Wildman–Crippen MR) is 41.0 cm³/mol. The molecule has 1 aromatic rings. The molecule has 13 heavy (non-hydrogen) atoms. The van der Waals surface area contributed by atoms with Crippen LogP contribution in [0.1, 0.15) is 5.56 Å². The van der Waals surface area contributed by atoms with Crippen LogP contribution in [0.2, 0.25) is 0 Å². The smallest absolute Gasteiger partial charge is 0.405 e. The molecule has 0 atom stereocenters. The second-order valence-electron chi connectivity index (χ2n) is 2.23. The normalized spacial score (nSPS) is 11.0. The van der Waals surface area contributed by atoms with E-state index in [0.717, 1.165) is 12.3 Å². The molecule has 0 radical (unpaired) electrons. The van der Waals surface area contributed by atoms with Gasteiger partial charge in [-0.15, -0.1) is 13.2 Å². The van der Waals surface area contributed by atoms with Crippen molar-refractivity contribution in [3.63, 3.8) is 0 Å². The minimum Gasteiger partial charge on any atom is -0.405 e. The molecule has 0 aliphatic heterocycles. The zero-order chi connectivity index (χ0) is 9.90. The van der Waals surface area contributed by atoms with Crippen LogP contribution < -0.4 is 4.74 Å². The van der Waals surface area contributed by atoms with E-state index < -0.39 is 6.36 Å². The molecule has 0 bridgehead atoms. The van der Waals surface area contributed by atoms with Crippen LogP contribution in [-0.4, -0.2) is 12.6 Å². The number of hydrogen-bond acceptors (Lipinski definition) is 2. The molecular formula is C8H6F3NO. The molecule has 1 aromatic carbocycles. The second-order valence-corrected chi connectivity index (χ2v) is 2.23. The van der Waals surface area contributed by atoms with E-state index in [1.807, 2.05) is 0 Å². The van der Waals surface area contributed by atoms with Gasteiger partial charge in [-0.1, -0.05) is 12.1 Å². The lowest BCUT2D eigenvalue weighted by Gasteiger charge is -2.10. The minimum absolute atomic E-state index is 0.0971. The monoisotopic (exact) mass is 189 g/mol. The number of halogens is 3. The van der Waals surface area contributed by atoms with Gasteiger partial charge in [-0.05, 0) is 12.1 Å². The van der Waals surface area contributed by atoms with Crippen molar-refractivity contribution in [1.29, 1.82) is 5.41 Å². The van der Waals surface area contributed by atoms with Crippen molar-refractivity contribution < 1.29 is 17.9 Å². The molecule has 0 aliphatic rings. The van der Waals surface area contributed by atoms with Crippen LogP contribution in [0.5, 0.6) is 5.75 Å². The zero-order valence-electron chi connectivity index (χ0n) is 6.43. The minimum atomic E-state index is -4.71. The summed E-state index contributed by atoms with van der Waals surface area (Å²) >= 11 is 0. The third-order valence-electron chi connectivity index (χ3n) is 1.30. The number of hydrogen-bond donors (Lipinski definition) is 1. The van der Waals surface area contributed by atoms with Crippen molar-refractivity contribution in [1.82, 2.24) is 0 Å². The van der Waals surface area contributed by atoms with Crippen LogP contribution in [0, 0.1) is 5.41 Å². The Balaban J connectivity index is 2.94. The lowest BCUT2D eigenvalue weighted by molar-refractivity contribution is -0.274. The Labute approximate surface area is 72.5 Å². The summed E-state index contributed by atoms with van der Waals surface area (Å²) in [7, 11) is 0. The summed E-state index contributed by atoms with van der Waals surface area (Å²) < 4.78 is 39.0. The molecule has 0 saturated carbocycles. The summed E-state index contributed by atoms with van der Waals surface area (Å²) in [5.74, 6) is -0.356. The summed E-state index contributed by atoms with van der Waals surface area (Å²) in [6.45, 7) is 0. The van der Waals surface area contributed by atoms with Gasteiger partial charge in [0.25, 0.3) is 0 Å². The fraction of sp³-hybridized carbons (Fsp3) is 0.125. The van der Waals surface area contributed by atoms with E-state index in [4.69, 9.17) is 5.41 Å². The molecule has 0 unspecified atom stereocenters. The van der Waals surface area contributed by atoms with Gasteiger partial charge in [-0.3, -0.25) is 0 Å². The SMILES string of the molecule is N=Cc1ccccc1OC(F)(F)F. The molecule has 0 spiro atoms. The average molecular weight is 189 g/mol. The third-order valence-corrected chi connectivity index (χ3v) is 1.30. The molecule has 70 valence electrons. The van der Waals surface area contributed by atoms with Crippen molar-refractivity contribution in [3.8, 4) is 5.75 Å². The summed E-state index contributed by atoms with van der Waals surface area (Å²) in [6.07, 6.45) is -3.90. The van der Waals surface area contributed by atoms with E-state index in [9.17, 15) is 13.2 Å². The highest BCUT2D eigenvalue weighted by Crippen LogP contribution is 2.24. The summed E-state index contributed by atoms with van der Waals surface area (Å²) in [5, 5.41) is 6.82. The van der Waals surface area contributed by atoms with Gasteiger partial charge in [-0.25, -0.2) is 0 Å². The number of alkyl halides is 3. The highest BCUT2D eigenvalue weighted by molar-refractivity contribution is 5.80. The Bertz CT molecular complexity index is 309. The number of benzene rings is 1. The second kappa shape index (κ2) is 3.47. The lowest BCUT2D eigenvalue weighted by atomic mass is 10.2. The molecule has 0 aliphatic carbocycles. The van der Waals surface area contributed by atoms with E-state index in [0.29, 0.717) is 0 Å². The van der Waals surface area contributed by atoms with Crippen LogP contribution in [-0.2, 0) is 0 Å². The molecular weight excluding hydrogens is 183 g/mol. The van der Waals surface area contributed by atoms with Crippen LogP contribution in [0.25, 0.3) is 0 Å². The predicted octanol–water partition coefficient (Wildman–Crippen LogP) is 2.58. The molecule has 0 heterocycles. The molecule has 5 heteroatoms. The van der Waals surface area contributed by atoms with E-state index in [1.54, 1.807) is 0 Å². The first kappa shape index (κ1) is 9.57. The van der Waals surface area contributed by atoms with E-state index >= 15 is 0 Å². The van der Waals surface area contributed by atoms with Crippen LogP contribution >= 0.6 is 0 Å². The zero-order valence-corrected chi connectivity index (χ0v) is 6.43. The van der Waals surface area contributed by atoms with Gasteiger partial charge in [0.1, 0.15) is 5.75 Å². The van der Waals surface area contributed by atoms with Crippen molar-refractivity contribution in [2.75, 3.05) is 0 Å². The molecule has 0 aromatic heterocycles. The standard InChI is InChI=1S/C8H6F3NO/c9-8(10,11)13-7-4-2-1-3-6(7)5-12/h1-5,12H. The lowest BCUT2D eigenvalue weighted by Crippen LogP contribution is -2.17. The highest BCUT2D eigenvalue weighted by Gasteiger charge is 2.31. The van der Waals surface area contributed by atoms with Gasteiger partial charge in [0.2, 0.25) is 0 Å². The quantitative estimate of drug-likeness (QED) is 0.712. The van der Waals surface area contributed by atoms with Crippen LogP contribution in [0.3, 0.4) is 0 Å². The van der Waals surface area contributed by atoms with Gasteiger partial charge >= 0.3 is 6.36 Å². The first-order chi connectivity index (χ1) is 6.03. The maximum atomic E-state index is 11.8. The van der Waals surface area contributed by atoms with Gasteiger partial charge < -0.3 is 10.1 Å². The van der Waals surface area contributed by atoms with E-state index in [1.165, 1.54) is 18.2 Å². The highest BCUT2D eigenvalue weighted by atomic mass is 19.4. The number of nitrogens with one attached hydrogen (secondary N) is 1. The maximum Gasteiger partial charge on any atom is 0.573 e. The first-order valence-electron chi connectivity index (χ1n) is 3.38. The van der Waals surface area contributed by atoms with E-state index in [2.05, 4.69) is 4.74 Å². The molecule has 0 fully saturated rings. The van der Waals surface area contributed by atoms with Crippen molar-refractivity contribution in [3.05, 3.63) is 29.8 Å². The van der Waals surface area contributed by atoms with Gasteiger partial charge in [0, 0.05) is 11.8 Å². The number of rotatable bonds is 2. The first-order valence-corrected chi connectivity index (χ1v) is 3.38. The number of para-hydroxylation sites is 1. The fourth-order valence-corrected chi connectivity index (χ4v) is 0.817. The maximum absolute atomic E-state index is 11.8. The Morgan fingerprint density at radius 3 is 2.38 bits per heavy atom. The van der Waals surface area contributed by atoms with E-state index in [-0.39, 0.29) is 11.3 Å². The van der Waals surface area contributed by atoms with Crippen molar-refractivity contribution in [2.24, 2.45) is 0 Å². The Hall–Kier alpha value is -1.52. The van der Waals surface area contributed by atoms with Gasteiger partial charge in [0.15, 0.2) is 0 Å². The van der Waals surface area contributed by atoms with Crippen molar-refractivity contribution >= 4 is 6.21 Å². The van der Waals surface area contributed by atoms with Gasteiger partial charge in [-0.2, -0.15) is 0 Å². The van der Waals surface area contributed by atoms with Crippen LogP contribution in [0.15, 0.2) is 24.3 Å².